The lowest BCUT2D eigenvalue weighted by atomic mass is 9.94. The predicted molar refractivity (Wildman–Crippen MR) is 114 cm³/mol. The Labute approximate surface area is 169 Å². The molecule has 1 heterocycles. The highest BCUT2D eigenvalue weighted by molar-refractivity contribution is 5.79. The summed E-state index contributed by atoms with van der Waals surface area (Å²) >= 11 is 0. The van der Waals surface area contributed by atoms with E-state index < -0.39 is 0 Å². The summed E-state index contributed by atoms with van der Waals surface area (Å²) in [5.41, 5.74) is 9.79. The second-order valence-corrected chi connectivity index (χ2v) is 8.17. The van der Waals surface area contributed by atoms with Gasteiger partial charge in [0.2, 0.25) is 5.91 Å². The number of nitrogens with one attached hydrogen (secondary N) is 1. The van der Waals surface area contributed by atoms with Crippen molar-refractivity contribution in [1.82, 2.24) is 10.2 Å². The molecule has 4 nitrogen and oxygen atoms in total. The van der Waals surface area contributed by atoms with E-state index in [9.17, 15) is 4.79 Å². The minimum Gasteiger partial charge on any atom is -0.352 e. The van der Waals surface area contributed by atoms with E-state index in [4.69, 9.17) is 5.73 Å². The maximum absolute atomic E-state index is 12.7. The average Bonchev–Trinajstić information content (AvgIpc) is 2.74. The molecule has 28 heavy (non-hydrogen) atoms. The van der Waals surface area contributed by atoms with Crippen molar-refractivity contribution in [3.63, 3.8) is 0 Å². The summed E-state index contributed by atoms with van der Waals surface area (Å²) in [7, 11) is 0. The number of hydrogen-bond acceptors (Lipinski definition) is 3. The Morgan fingerprint density at radius 1 is 1.07 bits per heavy atom. The number of rotatable bonds is 7. The summed E-state index contributed by atoms with van der Waals surface area (Å²) in [4.78, 5) is 15.2. The first-order valence-electron chi connectivity index (χ1n) is 10.4. The molecular formula is C24H33N3O. The van der Waals surface area contributed by atoms with Gasteiger partial charge < -0.3 is 11.1 Å². The molecule has 1 amide bonds. The SMILES string of the molecule is CC1CCN(Cc2ccccc2CNC(=O)C(C)C(N)c2ccccc2)CC1. The number of nitrogens with zero attached hydrogens (tertiary/aromatic N) is 1. The number of amides is 1. The van der Waals surface area contributed by atoms with Crippen LogP contribution in [-0.4, -0.2) is 23.9 Å². The minimum atomic E-state index is -0.299. The van der Waals surface area contributed by atoms with Crippen molar-refractivity contribution < 1.29 is 4.79 Å². The Morgan fingerprint density at radius 3 is 2.36 bits per heavy atom. The number of hydrogen-bond donors (Lipinski definition) is 2. The smallest absolute Gasteiger partial charge is 0.225 e. The van der Waals surface area contributed by atoms with Gasteiger partial charge in [0, 0.05) is 19.1 Å². The molecule has 0 spiro atoms. The molecule has 0 aliphatic carbocycles. The van der Waals surface area contributed by atoms with E-state index in [-0.39, 0.29) is 17.9 Å². The Kier molecular flexibility index (Phi) is 7.24. The van der Waals surface area contributed by atoms with E-state index in [0.717, 1.165) is 31.1 Å². The molecule has 0 saturated carbocycles. The van der Waals surface area contributed by atoms with Crippen molar-refractivity contribution in [2.75, 3.05) is 13.1 Å². The number of benzene rings is 2. The third kappa shape index (κ3) is 5.43. The zero-order valence-corrected chi connectivity index (χ0v) is 17.1. The van der Waals surface area contributed by atoms with Crippen molar-refractivity contribution in [3.05, 3.63) is 71.3 Å². The standard InChI is InChI=1S/C24H33N3O/c1-18-12-14-27(15-13-18)17-22-11-7-6-10-21(22)16-26-24(28)19(2)23(25)20-8-4-3-5-9-20/h3-11,18-19,23H,12-17,25H2,1-2H3,(H,26,28). The lowest BCUT2D eigenvalue weighted by molar-refractivity contribution is -0.125. The highest BCUT2D eigenvalue weighted by Gasteiger charge is 2.22. The Bertz CT molecular complexity index is 753. The van der Waals surface area contributed by atoms with Crippen LogP contribution in [0.2, 0.25) is 0 Å². The average molecular weight is 380 g/mol. The van der Waals surface area contributed by atoms with E-state index in [2.05, 4.69) is 35.3 Å². The van der Waals surface area contributed by atoms with Gasteiger partial charge in [-0.05, 0) is 48.5 Å². The molecule has 1 saturated heterocycles. The van der Waals surface area contributed by atoms with E-state index in [1.165, 1.54) is 24.0 Å². The van der Waals surface area contributed by atoms with Crippen molar-refractivity contribution in [1.29, 1.82) is 0 Å². The van der Waals surface area contributed by atoms with Gasteiger partial charge in [-0.3, -0.25) is 9.69 Å². The van der Waals surface area contributed by atoms with Gasteiger partial charge in [0.25, 0.3) is 0 Å². The van der Waals surface area contributed by atoms with Crippen LogP contribution < -0.4 is 11.1 Å². The van der Waals surface area contributed by atoms with Crippen LogP contribution in [0.3, 0.4) is 0 Å². The van der Waals surface area contributed by atoms with Gasteiger partial charge in [0.05, 0.1) is 5.92 Å². The topological polar surface area (TPSA) is 58.4 Å². The number of carbonyl (C=O) groups excluding carboxylic acids is 1. The van der Waals surface area contributed by atoms with Crippen molar-refractivity contribution in [3.8, 4) is 0 Å². The van der Waals surface area contributed by atoms with Crippen LogP contribution in [0.25, 0.3) is 0 Å². The number of nitrogens with two attached hydrogens (primary N) is 1. The number of carbonyl (C=O) groups is 1. The third-order valence-corrected chi connectivity index (χ3v) is 5.98. The zero-order valence-electron chi connectivity index (χ0n) is 17.1. The van der Waals surface area contributed by atoms with E-state index in [0.29, 0.717) is 6.54 Å². The summed E-state index contributed by atoms with van der Waals surface area (Å²) in [6.45, 7) is 8.05. The quantitative estimate of drug-likeness (QED) is 0.768. The van der Waals surface area contributed by atoms with Crippen molar-refractivity contribution in [2.45, 2.75) is 45.8 Å². The number of piperidine rings is 1. The van der Waals surface area contributed by atoms with Crippen LogP contribution >= 0.6 is 0 Å². The molecule has 2 unspecified atom stereocenters. The molecule has 4 heteroatoms. The second kappa shape index (κ2) is 9.85. The summed E-state index contributed by atoms with van der Waals surface area (Å²) in [6, 6.07) is 17.9. The minimum absolute atomic E-state index is 0.00189. The molecule has 1 fully saturated rings. The Morgan fingerprint density at radius 2 is 1.68 bits per heavy atom. The molecule has 3 rings (SSSR count). The maximum atomic E-state index is 12.7. The van der Waals surface area contributed by atoms with Gasteiger partial charge in [-0.2, -0.15) is 0 Å². The number of likely N-dealkylation sites (tertiary alicyclic amines) is 1. The van der Waals surface area contributed by atoms with Crippen molar-refractivity contribution in [2.24, 2.45) is 17.6 Å². The highest BCUT2D eigenvalue weighted by atomic mass is 16.1. The first kappa shape index (κ1) is 20.6. The Hall–Kier alpha value is -2.17. The molecule has 0 bridgehead atoms. The largest absolute Gasteiger partial charge is 0.352 e. The van der Waals surface area contributed by atoms with Gasteiger partial charge >= 0.3 is 0 Å². The second-order valence-electron chi connectivity index (χ2n) is 8.17. The molecule has 1 aliphatic rings. The monoisotopic (exact) mass is 379 g/mol. The van der Waals surface area contributed by atoms with Crippen LogP contribution in [0, 0.1) is 11.8 Å². The van der Waals surface area contributed by atoms with Gasteiger partial charge in [-0.15, -0.1) is 0 Å². The molecular weight excluding hydrogens is 346 g/mol. The van der Waals surface area contributed by atoms with Crippen LogP contribution in [0.5, 0.6) is 0 Å². The molecule has 2 aromatic rings. The molecule has 1 aliphatic heterocycles. The summed E-state index contributed by atoms with van der Waals surface area (Å²) in [5, 5.41) is 3.10. The normalized spacial score (nSPS) is 17.8. The third-order valence-electron chi connectivity index (χ3n) is 5.98. The van der Waals surface area contributed by atoms with Gasteiger partial charge in [-0.25, -0.2) is 0 Å². The van der Waals surface area contributed by atoms with E-state index in [1.807, 2.05) is 43.3 Å². The van der Waals surface area contributed by atoms with Gasteiger partial charge in [0.15, 0.2) is 0 Å². The summed E-state index contributed by atoms with van der Waals surface area (Å²) < 4.78 is 0. The van der Waals surface area contributed by atoms with Crippen LogP contribution in [0.1, 0.15) is 49.4 Å². The molecule has 0 radical (unpaired) electrons. The fourth-order valence-electron chi connectivity index (χ4n) is 3.82. The molecule has 3 N–H and O–H groups in total. The lowest BCUT2D eigenvalue weighted by Gasteiger charge is -2.30. The molecule has 2 atom stereocenters. The lowest BCUT2D eigenvalue weighted by Crippen LogP contribution is -2.36. The summed E-state index contributed by atoms with van der Waals surface area (Å²) in [5.74, 6) is 0.553. The fourth-order valence-corrected chi connectivity index (χ4v) is 3.82. The fraction of sp³-hybridized carbons (Fsp3) is 0.458. The van der Waals surface area contributed by atoms with E-state index >= 15 is 0 Å². The predicted octanol–water partition coefficient (Wildman–Crippen LogP) is 3.87. The zero-order chi connectivity index (χ0) is 19.9. The first-order valence-corrected chi connectivity index (χ1v) is 10.4. The van der Waals surface area contributed by atoms with Gasteiger partial charge in [-0.1, -0.05) is 68.4 Å². The van der Waals surface area contributed by atoms with Gasteiger partial charge in [0.1, 0.15) is 0 Å². The molecule has 150 valence electrons. The first-order chi connectivity index (χ1) is 13.5. The van der Waals surface area contributed by atoms with Crippen molar-refractivity contribution >= 4 is 5.91 Å². The summed E-state index contributed by atoms with van der Waals surface area (Å²) in [6.07, 6.45) is 2.54. The van der Waals surface area contributed by atoms with Crippen LogP contribution in [0.15, 0.2) is 54.6 Å². The highest BCUT2D eigenvalue weighted by Crippen LogP contribution is 2.21. The molecule has 2 aromatic carbocycles. The van der Waals surface area contributed by atoms with Crippen LogP contribution in [-0.2, 0) is 17.9 Å². The maximum Gasteiger partial charge on any atom is 0.225 e. The van der Waals surface area contributed by atoms with E-state index in [1.54, 1.807) is 0 Å². The Balaban J connectivity index is 1.57. The molecule has 0 aromatic heterocycles. The van der Waals surface area contributed by atoms with Crippen LogP contribution in [0.4, 0.5) is 0 Å².